The Labute approximate surface area is 170 Å². The van der Waals surface area contributed by atoms with Gasteiger partial charge in [0.05, 0.1) is 11.4 Å². The summed E-state index contributed by atoms with van der Waals surface area (Å²) in [5.41, 5.74) is 3.84. The second-order valence-electron chi connectivity index (χ2n) is 6.50. The van der Waals surface area contributed by atoms with E-state index in [4.69, 9.17) is 10.3 Å². The second-order valence-corrected chi connectivity index (χ2v) is 6.50. The second kappa shape index (κ2) is 14.2. The molecule has 5 nitrogen and oxygen atoms in total. The van der Waals surface area contributed by atoms with Crippen LogP contribution in [0.5, 0.6) is 0 Å². The smallest absolute Gasteiger partial charge is 0.181 e. The van der Waals surface area contributed by atoms with Crippen LogP contribution in [0.25, 0.3) is 6.08 Å². The van der Waals surface area contributed by atoms with Crippen molar-refractivity contribution in [1.82, 2.24) is 10.6 Å². The van der Waals surface area contributed by atoms with Crippen LogP contribution in [-0.4, -0.2) is 32.9 Å². The topological polar surface area (TPSA) is 63.5 Å². The summed E-state index contributed by atoms with van der Waals surface area (Å²) < 4.78 is 0. The summed E-state index contributed by atoms with van der Waals surface area (Å²) in [7, 11) is 2.11. The molecule has 0 atom stereocenters. The van der Waals surface area contributed by atoms with E-state index < -0.39 is 0 Å². The highest BCUT2D eigenvalue weighted by atomic mass is 15.1. The molecule has 0 heterocycles. The monoisotopic (exact) mass is 379 g/mol. The van der Waals surface area contributed by atoms with Gasteiger partial charge in [-0.15, -0.1) is 6.58 Å². The van der Waals surface area contributed by atoms with Gasteiger partial charge >= 0.3 is 0 Å². The number of rotatable bonds is 14. The molecule has 0 unspecified atom stereocenters. The highest BCUT2D eigenvalue weighted by molar-refractivity contribution is 5.75. The Bertz CT molecular complexity index is 712. The number of nitriles is 1. The maximum Gasteiger partial charge on any atom is 0.181 e. The van der Waals surface area contributed by atoms with Crippen molar-refractivity contribution in [1.29, 1.82) is 5.26 Å². The molecule has 1 rings (SSSR count). The first-order chi connectivity index (χ1) is 13.6. The third-order valence-electron chi connectivity index (χ3n) is 4.15. The summed E-state index contributed by atoms with van der Waals surface area (Å²) >= 11 is 0. The van der Waals surface area contributed by atoms with Crippen molar-refractivity contribution in [3.63, 3.8) is 0 Å². The fourth-order valence-corrected chi connectivity index (χ4v) is 2.63. The third-order valence-corrected chi connectivity index (χ3v) is 4.15. The van der Waals surface area contributed by atoms with Crippen LogP contribution in [-0.2, 0) is 0 Å². The molecule has 0 bridgehead atoms. The maximum absolute atomic E-state index is 8.61. The minimum atomic E-state index is 0.609. The van der Waals surface area contributed by atoms with Gasteiger partial charge in [-0.05, 0) is 50.0 Å². The molecule has 0 amide bonds. The van der Waals surface area contributed by atoms with E-state index in [1.807, 2.05) is 30.6 Å². The van der Waals surface area contributed by atoms with Crippen molar-refractivity contribution < 1.29 is 0 Å². The highest BCUT2D eigenvalue weighted by Crippen LogP contribution is 2.30. The molecule has 5 heteroatoms. The van der Waals surface area contributed by atoms with E-state index in [0.29, 0.717) is 12.1 Å². The molecule has 0 aliphatic rings. The van der Waals surface area contributed by atoms with Crippen LogP contribution in [0.1, 0.15) is 38.2 Å². The van der Waals surface area contributed by atoms with Gasteiger partial charge in [0.15, 0.2) is 6.19 Å². The molecule has 150 valence electrons. The SMILES string of the molecule is C=CCCC=Nc1cc(/C=C/CC(=C)NC#N)ccc1N(C)CCCNCC. The van der Waals surface area contributed by atoms with Gasteiger partial charge in [-0.1, -0.05) is 37.8 Å². The summed E-state index contributed by atoms with van der Waals surface area (Å²) in [6.07, 6.45) is 13.3. The van der Waals surface area contributed by atoms with Crippen LogP contribution >= 0.6 is 0 Å². The Morgan fingerprint density at radius 1 is 1.36 bits per heavy atom. The van der Waals surface area contributed by atoms with Gasteiger partial charge in [-0.2, -0.15) is 5.26 Å². The van der Waals surface area contributed by atoms with Crippen molar-refractivity contribution in [2.75, 3.05) is 31.6 Å². The van der Waals surface area contributed by atoms with E-state index in [9.17, 15) is 0 Å². The average molecular weight is 380 g/mol. The first-order valence-corrected chi connectivity index (χ1v) is 9.81. The van der Waals surface area contributed by atoms with E-state index in [2.05, 4.69) is 60.9 Å². The highest BCUT2D eigenvalue weighted by Gasteiger charge is 2.07. The summed E-state index contributed by atoms with van der Waals surface area (Å²) in [6.45, 7) is 12.7. The molecule has 1 aromatic carbocycles. The molecule has 0 aliphatic carbocycles. The number of nitrogens with zero attached hydrogens (tertiary/aromatic N) is 3. The molecule has 0 saturated heterocycles. The molecule has 1 aromatic rings. The van der Waals surface area contributed by atoms with Gasteiger partial charge in [0, 0.05) is 31.9 Å². The molecule has 0 spiro atoms. The van der Waals surface area contributed by atoms with Crippen LogP contribution in [0.15, 0.2) is 54.2 Å². The van der Waals surface area contributed by atoms with Gasteiger partial charge < -0.3 is 10.2 Å². The lowest BCUT2D eigenvalue weighted by Gasteiger charge is -2.21. The number of benzene rings is 1. The van der Waals surface area contributed by atoms with Crippen molar-refractivity contribution in [3.8, 4) is 6.19 Å². The zero-order chi connectivity index (χ0) is 20.6. The normalized spacial score (nSPS) is 10.9. The minimum Gasteiger partial charge on any atom is -0.373 e. The largest absolute Gasteiger partial charge is 0.373 e. The first-order valence-electron chi connectivity index (χ1n) is 9.81. The number of hydrogen-bond donors (Lipinski definition) is 2. The maximum atomic E-state index is 8.61. The quantitative estimate of drug-likeness (QED) is 0.161. The number of unbranched alkanes of at least 4 members (excludes halogenated alkanes) is 1. The van der Waals surface area contributed by atoms with Gasteiger partial charge in [-0.25, -0.2) is 0 Å². The van der Waals surface area contributed by atoms with E-state index in [0.717, 1.165) is 55.8 Å². The van der Waals surface area contributed by atoms with Crippen LogP contribution in [0, 0.1) is 11.5 Å². The molecular weight excluding hydrogens is 346 g/mol. The molecule has 28 heavy (non-hydrogen) atoms. The summed E-state index contributed by atoms with van der Waals surface area (Å²) in [6, 6.07) is 6.31. The van der Waals surface area contributed by atoms with Crippen molar-refractivity contribution >= 4 is 23.7 Å². The zero-order valence-corrected chi connectivity index (χ0v) is 17.2. The van der Waals surface area contributed by atoms with Crippen LogP contribution in [0.4, 0.5) is 11.4 Å². The summed E-state index contributed by atoms with van der Waals surface area (Å²) in [5.74, 6) is 0. The van der Waals surface area contributed by atoms with Gasteiger partial charge in [0.2, 0.25) is 0 Å². The van der Waals surface area contributed by atoms with E-state index in [-0.39, 0.29) is 0 Å². The molecular formula is C23H33N5. The van der Waals surface area contributed by atoms with Crippen LogP contribution in [0.3, 0.4) is 0 Å². The minimum absolute atomic E-state index is 0.609. The van der Waals surface area contributed by atoms with E-state index >= 15 is 0 Å². The number of aliphatic imine (C=N–C) groups is 1. The van der Waals surface area contributed by atoms with Crippen molar-refractivity contribution in [3.05, 3.63) is 54.8 Å². The first kappa shape index (κ1) is 23.2. The predicted molar refractivity (Wildman–Crippen MR) is 122 cm³/mol. The van der Waals surface area contributed by atoms with Crippen molar-refractivity contribution in [2.45, 2.75) is 32.6 Å². The number of anilines is 1. The lowest BCUT2D eigenvalue weighted by atomic mass is 10.1. The Kier molecular flexibility index (Phi) is 11.8. The molecule has 0 fully saturated rings. The Hall–Kier alpha value is -2.84. The Balaban J connectivity index is 2.90. The van der Waals surface area contributed by atoms with E-state index in [1.165, 1.54) is 0 Å². The predicted octanol–water partition coefficient (Wildman–Crippen LogP) is 4.78. The summed E-state index contributed by atoms with van der Waals surface area (Å²) in [5, 5.41) is 14.5. The average Bonchev–Trinajstić information content (AvgIpc) is 2.69. The Morgan fingerprint density at radius 2 is 2.18 bits per heavy atom. The standard InChI is InChI=1S/C23H33N5/c1-5-7-8-16-26-22-18-21(12-9-11-20(3)27-19-24)13-14-23(22)28(4)17-10-15-25-6-2/h5,9,12-14,16,18,25,27H,1,3,6-8,10-11,15,17H2,2,4H3/b12-9+,26-16?. The molecule has 2 N–H and O–H groups in total. The molecule has 0 saturated carbocycles. The number of hydrogen-bond acceptors (Lipinski definition) is 5. The fourth-order valence-electron chi connectivity index (χ4n) is 2.63. The van der Waals surface area contributed by atoms with Gasteiger partial charge in [-0.3, -0.25) is 10.3 Å². The fraction of sp³-hybridized carbons (Fsp3) is 0.391. The van der Waals surface area contributed by atoms with Gasteiger partial charge in [0.25, 0.3) is 0 Å². The molecule has 0 aliphatic heterocycles. The van der Waals surface area contributed by atoms with E-state index in [1.54, 1.807) is 0 Å². The number of allylic oxidation sites excluding steroid dienone is 2. The third kappa shape index (κ3) is 9.20. The number of nitrogens with one attached hydrogen (secondary N) is 2. The molecule has 0 radical (unpaired) electrons. The van der Waals surface area contributed by atoms with Crippen LogP contribution in [0.2, 0.25) is 0 Å². The lowest BCUT2D eigenvalue weighted by Crippen LogP contribution is -2.23. The van der Waals surface area contributed by atoms with Crippen LogP contribution < -0.4 is 15.5 Å². The summed E-state index contributed by atoms with van der Waals surface area (Å²) in [4.78, 5) is 6.96. The van der Waals surface area contributed by atoms with Gasteiger partial charge in [0.1, 0.15) is 0 Å². The molecule has 0 aromatic heterocycles. The lowest BCUT2D eigenvalue weighted by molar-refractivity contribution is 0.667. The zero-order valence-electron chi connectivity index (χ0n) is 17.2. The Morgan fingerprint density at radius 3 is 2.89 bits per heavy atom. The van der Waals surface area contributed by atoms with Crippen molar-refractivity contribution in [2.24, 2.45) is 4.99 Å².